The maximum Gasteiger partial charge on any atom is 0.323 e. The van der Waals surface area contributed by atoms with Crippen LogP contribution in [0.2, 0.25) is 0 Å². The topological polar surface area (TPSA) is 66.8 Å². The van der Waals surface area contributed by atoms with Crippen molar-refractivity contribution in [1.29, 1.82) is 0 Å². The number of carbonyl (C=O) groups is 2. The van der Waals surface area contributed by atoms with Gasteiger partial charge >= 0.3 is 5.97 Å². The van der Waals surface area contributed by atoms with Gasteiger partial charge in [0, 0.05) is 6.04 Å². The lowest BCUT2D eigenvalue weighted by molar-refractivity contribution is -0.145. The second kappa shape index (κ2) is 5.53. The highest BCUT2D eigenvalue weighted by molar-refractivity contribution is 5.83. The number of ether oxygens (including phenoxy) is 1. The molecular weight excluding hydrogens is 234 g/mol. The minimum atomic E-state index is -0.991. The number of benzene rings is 1. The van der Waals surface area contributed by atoms with Crippen molar-refractivity contribution in [2.45, 2.75) is 18.9 Å². The molecule has 1 fully saturated rings. The lowest BCUT2D eigenvalue weighted by atomic mass is 10.3. The zero-order chi connectivity index (χ0) is 13.0. The van der Waals surface area contributed by atoms with E-state index >= 15 is 0 Å². The summed E-state index contributed by atoms with van der Waals surface area (Å²) in [6.07, 6.45) is 1.76. The van der Waals surface area contributed by atoms with Crippen molar-refractivity contribution in [2.24, 2.45) is 0 Å². The van der Waals surface area contributed by atoms with E-state index in [1.165, 1.54) is 4.90 Å². The molecule has 1 aliphatic carbocycles. The van der Waals surface area contributed by atoms with Crippen LogP contribution in [-0.2, 0) is 9.59 Å². The molecule has 1 aliphatic rings. The third-order valence-electron chi connectivity index (χ3n) is 2.72. The molecule has 5 heteroatoms. The summed E-state index contributed by atoms with van der Waals surface area (Å²) < 4.78 is 5.32. The van der Waals surface area contributed by atoms with E-state index in [4.69, 9.17) is 9.84 Å². The van der Waals surface area contributed by atoms with Crippen LogP contribution in [0.25, 0.3) is 0 Å². The largest absolute Gasteiger partial charge is 0.484 e. The van der Waals surface area contributed by atoms with E-state index in [1.54, 1.807) is 12.1 Å². The summed E-state index contributed by atoms with van der Waals surface area (Å²) in [5, 5.41) is 8.76. The van der Waals surface area contributed by atoms with Gasteiger partial charge in [0.1, 0.15) is 12.3 Å². The number of nitrogens with zero attached hydrogens (tertiary/aromatic N) is 1. The summed E-state index contributed by atoms with van der Waals surface area (Å²) >= 11 is 0. The quantitative estimate of drug-likeness (QED) is 0.821. The van der Waals surface area contributed by atoms with Crippen LogP contribution in [0.5, 0.6) is 5.75 Å². The number of amides is 1. The van der Waals surface area contributed by atoms with Crippen LogP contribution in [0.1, 0.15) is 12.8 Å². The summed E-state index contributed by atoms with van der Waals surface area (Å²) in [4.78, 5) is 23.9. The first-order valence-electron chi connectivity index (χ1n) is 5.86. The molecule has 2 rings (SSSR count). The van der Waals surface area contributed by atoms with E-state index in [2.05, 4.69) is 0 Å². The van der Waals surface area contributed by atoms with Crippen LogP contribution < -0.4 is 4.74 Å². The molecule has 0 heterocycles. The van der Waals surface area contributed by atoms with Crippen molar-refractivity contribution in [2.75, 3.05) is 13.2 Å². The van der Waals surface area contributed by atoms with E-state index in [0.29, 0.717) is 5.75 Å². The first kappa shape index (κ1) is 12.4. The maximum absolute atomic E-state index is 11.9. The summed E-state index contributed by atoms with van der Waals surface area (Å²) in [6.45, 7) is -0.366. The predicted molar refractivity (Wildman–Crippen MR) is 64.3 cm³/mol. The van der Waals surface area contributed by atoms with E-state index in [1.807, 2.05) is 18.2 Å². The van der Waals surface area contributed by atoms with Gasteiger partial charge in [0.15, 0.2) is 6.61 Å². The number of carboxylic acid groups (broad SMARTS) is 1. The monoisotopic (exact) mass is 249 g/mol. The molecule has 5 nitrogen and oxygen atoms in total. The Morgan fingerprint density at radius 3 is 2.50 bits per heavy atom. The fourth-order valence-corrected chi connectivity index (χ4v) is 1.70. The Hall–Kier alpha value is -2.04. The standard InChI is InChI=1S/C13H15NO4/c15-12(9-18-11-4-2-1-3-5-11)14(8-13(16)17)10-6-7-10/h1-5,10H,6-9H2,(H,16,17). The molecule has 0 aromatic heterocycles. The number of hydrogen-bond donors (Lipinski definition) is 1. The molecular formula is C13H15NO4. The molecule has 0 saturated heterocycles. The Morgan fingerprint density at radius 1 is 1.28 bits per heavy atom. The Balaban J connectivity index is 1.87. The molecule has 96 valence electrons. The molecule has 1 aromatic carbocycles. The van der Waals surface area contributed by atoms with Gasteiger partial charge in [-0.2, -0.15) is 0 Å². The lowest BCUT2D eigenvalue weighted by Gasteiger charge is -2.20. The molecule has 0 radical (unpaired) electrons. The van der Waals surface area contributed by atoms with Crippen molar-refractivity contribution in [3.63, 3.8) is 0 Å². The molecule has 1 amide bonds. The first-order valence-corrected chi connectivity index (χ1v) is 5.86. The molecule has 0 atom stereocenters. The van der Waals surface area contributed by atoms with E-state index in [-0.39, 0.29) is 25.1 Å². The Kier molecular flexibility index (Phi) is 3.82. The van der Waals surface area contributed by atoms with Gasteiger partial charge in [-0.15, -0.1) is 0 Å². The van der Waals surface area contributed by atoms with E-state index in [0.717, 1.165) is 12.8 Å². The summed E-state index contributed by atoms with van der Waals surface area (Å²) in [5.41, 5.74) is 0. The van der Waals surface area contributed by atoms with Crippen molar-refractivity contribution < 1.29 is 19.4 Å². The van der Waals surface area contributed by atoms with Gasteiger partial charge in [-0.3, -0.25) is 9.59 Å². The van der Waals surface area contributed by atoms with Gasteiger partial charge in [0.05, 0.1) is 0 Å². The lowest BCUT2D eigenvalue weighted by Crippen LogP contribution is -2.40. The van der Waals surface area contributed by atoms with Crippen molar-refractivity contribution >= 4 is 11.9 Å². The van der Waals surface area contributed by atoms with Gasteiger partial charge in [0.2, 0.25) is 0 Å². The van der Waals surface area contributed by atoms with Crippen LogP contribution in [0.15, 0.2) is 30.3 Å². The van der Waals surface area contributed by atoms with Gasteiger partial charge in [0.25, 0.3) is 5.91 Å². The van der Waals surface area contributed by atoms with E-state index < -0.39 is 5.97 Å². The van der Waals surface area contributed by atoms with Crippen molar-refractivity contribution in [1.82, 2.24) is 4.90 Å². The zero-order valence-corrected chi connectivity index (χ0v) is 9.91. The van der Waals surface area contributed by atoms with Crippen LogP contribution in [0.4, 0.5) is 0 Å². The third-order valence-corrected chi connectivity index (χ3v) is 2.72. The molecule has 0 aliphatic heterocycles. The SMILES string of the molecule is O=C(O)CN(C(=O)COc1ccccc1)C1CC1. The number of carbonyl (C=O) groups excluding carboxylic acids is 1. The second-order valence-electron chi connectivity index (χ2n) is 4.25. The molecule has 0 unspecified atom stereocenters. The number of aliphatic carboxylic acids is 1. The number of carboxylic acids is 1. The molecule has 1 saturated carbocycles. The molecule has 0 spiro atoms. The van der Waals surface area contributed by atoms with Gasteiger partial charge in [-0.25, -0.2) is 0 Å². The zero-order valence-electron chi connectivity index (χ0n) is 9.91. The normalized spacial score (nSPS) is 14.0. The highest BCUT2D eigenvalue weighted by Crippen LogP contribution is 2.26. The minimum Gasteiger partial charge on any atom is -0.484 e. The number of rotatable bonds is 6. The molecule has 0 bridgehead atoms. The minimum absolute atomic E-state index is 0.0768. The van der Waals surface area contributed by atoms with Crippen molar-refractivity contribution in [3.05, 3.63) is 30.3 Å². The van der Waals surface area contributed by atoms with Gasteiger partial charge < -0.3 is 14.7 Å². The Labute approximate surface area is 105 Å². The fraction of sp³-hybridized carbons (Fsp3) is 0.385. The first-order chi connectivity index (χ1) is 8.66. The highest BCUT2D eigenvalue weighted by atomic mass is 16.5. The van der Waals surface area contributed by atoms with Gasteiger partial charge in [-0.05, 0) is 25.0 Å². The smallest absolute Gasteiger partial charge is 0.323 e. The van der Waals surface area contributed by atoms with Crippen LogP contribution in [0, 0.1) is 0 Å². The van der Waals surface area contributed by atoms with Crippen LogP contribution >= 0.6 is 0 Å². The highest BCUT2D eigenvalue weighted by Gasteiger charge is 2.33. The summed E-state index contributed by atoms with van der Waals surface area (Å²) in [6, 6.07) is 9.08. The molecule has 18 heavy (non-hydrogen) atoms. The predicted octanol–water partition coefficient (Wildman–Crippen LogP) is 1.14. The molecule has 1 aromatic rings. The summed E-state index contributed by atoms with van der Waals surface area (Å²) in [5.74, 6) is -0.657. The Bertz CT molecular complexity index is 428. The average molecular weight is 249 g/mol. The van der Waals surface area contributed by atoms with Crippen LogP contribution in [-0.4, -0.2) is 41.1 Å². The Morgan fingerprint density at radius 2 is 1.94 bits per heavy atom. The second-order valence-corrected chi connectivity index (χ2v) is 4.25. The maximum atomic E-state index is 11.9. The van der Waals surface area contributed by atoms with Gasteiger partial charge in [-0.1, -0.05) is 18.2 Å². The third kappa shape index (κ3) is 3.48. The fourth-order valence-electron chi connectivity index (χ4n) is 1.70. The summed E-state index contributed by atoms with van der Waals surface area (Å²) in [7, 11) is 0. The average Bonchev–Trinajstić information content (AvgIpc) is 3.18. The van der Waals surface area contributed by atoms with Crippen molar-refractivity contribution in [3.8, 4) is 5.75 Å². The number of para-hydroxylation sites is 1. The molecule has 1 N–H and O–H groups in total. The number of hydrogen-bond acceptors (Lipinski definition) is 3. The van der Waals surface area contributed by atoms with Crippen LogP contribution in [0.3, 0.4) is 0 Å². The van der Waals surface area contributed by atoms with E-state index in [9.17, 15) is 9.59 Å².